The maximum absolute atomic E-state index is 12.7. The van der Waals surface area contributed by atoms with Crippen molar-refractivity contribution in [3.63, 3.8) is 0 Å². The average Bonchev–Trinajstić information content (AvgIpc) is 2.84. The molecule has 1 atom stereocenters. The van der Waals surface area contributed by atoms with Gasteiger partial charge >= 0.3 is 0 Å². The SMILES string of the molecule is Cc1cccc(NC(=O)C2CCCN(CC(=O)Nc3cccc(CSc4ccccn4)c3)C2)n1. The molecule has 34 heavy (non-hydrogen) atoms. The molecule has 0 radical (unpaired) electrons. The van der Waals surface area contributed by atoms with Crippen LogP contribution < -0.4 is 10.6 Å². The van der Waals surface area contributed by atoms with Crippen LogP contribution in [0.2, 0.25) is 0 Å². The quantitative estimate of drug-likeness (QED) is 0.471. The summed E-state index contributed by atoms with van der Waals surface area (Å²) in [4.78, 5) is 36.1. The van der Waals surface area contributed by atoms with Crippen LogP contribution in [0, 0.1) is 12.8 Å². The molecule has 1 saturated heterocycles. The Morgan fingerprint density at radius 1 is 1.09 bits per heavy atom. The normalized spacial score (nSPS) is 16.1. The second kappa shape index (κ2) is 11.8. The summed E-state index contributed by atoms with van der Waals surface area (Å²) in [6.45, 7) is 3.53. The van der Waals surface area contributed by atoms with Crippen molar-refractivity contribution in [2.75, 3.05) is 30.3 Å². The lowest BCUT2D eigenvalue weighted by atomic mass is 9.97. The van der Waals surface area contributed by atoms with Crippen molar-refractivity contribution in [2.45, 2.75) is 30.5 Å². The first-order valence-corrected chi connectivity index (χ1v) is 12.4. The maximum Gasteiger partial charge on any atom is 0.238 e. The number of benzene rings is 1. The zero-order valence-electron chi connectivity index (χ0n) is 19.2. The van der Waals surface area contributed by atoms with E-state index in [1.807, 2.05) is 66.4 Å². The van der Waals surface area contributed by atoms with E-state index in [0.29, 0.717) is 12.4 Å². The maximum atomic E-state index is 12.7. The van der Waals surface area contributed by atoms with E-state index in [1.54, 1.807) is 24.0 Å². The highest BCUT2D eigenvalue weighted by molar-refractivity contribution is 7.98. The Morgan fingerprint density at radius 3 is 2.79 bits per heavy atom. The highest BCUT2D eigenvalue weighted by Crippen LogP contribution is 2.22. The molecule has 0 bridgehead atoms. The molecule has 1 fully saturated rings. The molecular formula is C26H29N5O2S. The van der Waals surface area contributed by atoms with E-state index in [1.165, 1.54) is 0 Å². The topological polar surface area (TPSA) is 87.2 Å². The van der Waals surface area contributed by atoms with Gasteiger partial charge in [0.15, 0.2) is 0 Å². The molecular weight excluding hydrogens is 446 g/mol. The molecule has 2 aromatic heterocycles. The van der Waals surface area contributed by atoms with Crippen molar-refractivity contribution in [1.82, 2.24) is 14.9 Å². The molecule has 3 heterocycles. The number of nitrogens with one attached hydrogen (secondary N) is 2. The number of piperidine rings is 1. The Morgan fingerprint density at radius 2 is 1.97 bits per heavy atom. The summed E-state index contributed by atoms with van der Waals surface area (Å²) in [5.41, 5.74) is 2.76. The predicted octanol–water partition coefficient (Wildman–Crippen LogP) is 4.37. The van der Waals surface area contributed by atoms with E-state index in [9.17, 15) is 9.59 Å². The molecule has 3 aromatic rings. The first-order chi connectivity index (χ1) is 16.5. The molecule has 2 N–H and O–H groups in total. The number of rotatable bonds is 8. The van der Waals surface area contributed by atoms with Gasteiger partial charge in [-0.1, -0.05) is 24.3 Å². The Balaban J connectivity index is 1.26. The van der Waals surface area contributed by atoms with Gasteiger partial charge in [-0.05, 0) is 68.3 Å². The number of hydrogen-bond donors (Lipinski definition) is 2. The van der Waals surface area contributed by atoms with Crippen LogP contribution >= 0.6 is 11.8 Å². The van der Waals surface area contributed by atoms with Crippen molar-refractivity contribution in [3.8, 4) is 0 Å². The summed E-state index contributed by atoms with van der Waals surface area (Å²) >= 11 is 1.66. The standard InChI is InChI=1S/C26H29N5O2S/c1-19-7-4-11-23(28-19)30-26(33)21-9-6-14-31(16-21)17-24(32)29-22-10-5-8-20(15-22)18-34-25-12-2-3-13-27-25/h2-5,7-8,10-13,15,21H,6,9,14,16-18H2,1H3,(H,29,32)(H,28,30,33). The molecule has 1 aromatic carbocycles. The van der Waals surface area contributed by atoms with Gasteiger partial charge in [-0.2, -0.15) is 0 Å². The molecule has 1 aliphatic rings. The van der Waals surface area contributed by atoms with Gasteiger partial charge in [0.1, 0.15) is 5.82 Å². The first-order valence-electron chi connectivity index (χ1n) is 11.4. The molecule has 2 amide bonds. The summed E-state index contributed by atoms with van der Waals surface area (Å²) in [6, 6.07) is 19.3. The molecule has 4 rings (SSSR count). The summed E-state index contributed by atoms with van der Waals surface area (Å²) in [6.07, 6.45) is 3.48. The predicted molar refractivity (Wildman–Crippen MR) is 136 cm³/mol. The zero-order valence-corrected chi connectivity index (χ0v) is 20.1. The third-order valence-electron chi connectivity index (χ3n) is 5.62. The fourth-order valence-electron chi connectivity index (χ4n) is 3.99. The molecule has 7 nitrogen and oxygen atoms in total. The molecule has 0 spiro atoms. The Bertz CT molecular complexity index is 1120. The highest BCUT2D eigenvalue weighted by atomic mass is 32.2. The second-order valence-corrected chi connectivity index (χ2v) is 9.43. The van der Waals surface area contributed by atoms with Crippen LogP contribution in [-0.4, -0.2) is 46.3 Å². The summed E-state index contributed by atoms with van der Waals surface area (Å²) < 4.78 is 0. The molecule has 1 unspecified atom stereocenters. The smallest absolute Gasteiger partial charge is 0.238 e. The van der Waals surface area contributed by atoms with E-state index >= 15 is 0 Å². The van der Waals surface area contributed by atoms with Crippen LogP contribution in [0.3, 0.4) is 0 Å². The van der Waals surface area contributed by atoms with Gasteiger partial charge in [-0.15, -0.1) is 11.8 Å². The van der Waals surface area contributed by atoms with Crippen molar-refractivity contribution < 1.29 is 9.59 Å². The zero-order chi connectivity index (χ0) is 23.8. The number of carbonyl (C=O) groups excluding carboxylic acids is 2. The van der Waals surface area contributed by atoms with Crippen LogP contribution in [0.25, 0.3) is 0 Å². The van der Waals surface area contributed by atoms with Crippen LogP contribution in [0.15, 0.2) is 71.9 Å². The number of thioether (sulfide) groups is 1. The molecule has 0 saturated carbocycles. The highest BCUT2D eigenvalue weighted by Gasteiger charge is 2.27. The summed E-state index contributed by atoms with van der Waals surface area (Å²) in [5, 5.41) is 6.89. The van der Waals surface area contributed by atoms with Gasteiger partial charge in [0.05, 0.1) is 17.5 Å². The average molecular weight is 476 g/mol. The van der Waals surface area contributed by atoms with Crippen LogP contribution in [0.4, 0.5) is 11.5 Å². The number of likely N-dealkylation sites (tertiary alicyclic amines) is 1. The number of anilines is 2. The van der Waals surface area contributed by atoms with E-state index in [2.05, 4.69) is 20.6 Å². The number of hydrogen-bond acceptors (Lipinski definition) is 6. The molecule has 176 valence electrons. The fraction of sp³-hybridized carbons (Fsp3) is 0.308. The number of pyridine rings is 2. The van der Waals surface area contributed by atoms with Crippen LogP contribution in [-0.2, 0) is 15.3 Å². The Labute approximate surface area is 204 Å². The third-order valence-corrected chi connectivity index (χ3v) is 6.63. The van der Waals surface area contributed by atoms with Crippen LogP contribution in [0.5, 0.6) is 0 Å². The van der Waals surface area contributed by atoms with Gasteiger partial charge in [-0.25, -0.2) is 9.97 Å². The number of nitrogens with zero attached hydrogens (tertiary/aromatic N) is 3. The van der Waals surface area contributed by atoms with Crippen molar-refractivity contribution in [3.05, 3.63) is 78.1 Å². The van der Waals surface area contributed by atoms with E-state index in [4.69, 9.17) is 0 Å². The number of carbonyl (C=O) groups is 2. The first kappa shape index (κ1) is 23.9. The number of amides is 2. The Kier molecular flexibility index (Phi) is 8.27. The Hall–Kier alpha value is -3.23. The fourth-order valence-corrected chi connectivity index (χ4v) is 4.79. The van der Waals surface area contributed by atoms with E-state index in [0.717, 1.165) is 47.1 Å². The minimum Gasteiger partial charge on any atom is -0.325 e. The molecule has 0 aliphatic carbocycles. The van der Waals surface area contributed by atoms with E-state index in [-0.39, 0.29) is 24.3 Å². The van der Waals surface area contributed by atoms with Gasteiger partial charge in [0.25, 0.3) is 0 Å². The lowest BCUT2D eigenvalue weighted by molar-refractivity contribution is -0.123. The summed E-state index contributed by atoms with van der Waals surface area (Å²) in [7, 11) is 0. The van der Waals surface area contributed by atoms with Gasteiger partial charge in [0, 0.05) is 29.9 Å². The molecule has 1 aliphatic heterocycles. The van der Waals surface area contributed by atoms with Gasteiger partial charge in [0.2, 0.25) is 11.8 Å². The van der Waals surface area contributed by atoms with Crippen molar-refractivity contribution in [2.24, 2.45) is 5.92 Å². The summed E-state index contributed by atoms with van der Waals surface area (Å²) in [5.74, 6) is 1.08. The molecule has 8 heteroatoms. The van der Waals surface area contributed by atoms with Gasteiger partial charge < -0.3 is 10.6 Å². The van der Waals surface area contributed by atoms with Crippen molar-refractivity contribution in [1.29, 1.82) is 0 Å². The largest absolute Gasteiger partial charge is 0.325 e. The van der Waals surface area contributed by atoms with E-state index < -0.39 is 0 Å². The monoisotopic (exact) mass is 475 g/mol. The van der Waals surface area contributed by atoms with Crippen molar-refractivity contribution >= 4 is 35.1 Å². The van der Waals surface area contributed by atoms with Crippen LogP contribution in [0.1, 0.15) is 24.1 Å². The minimum absolute atomic E-state index is 0.0404. The third kappa shape index (κ3) is 7.13. The van der Waals surface area contributed by atoms with Gasteiger partial charge in [-0.3, -0.25) is 14.5 Å². The lowest BCUT2D eigenvalue weighted by Crippen LogP contribution is -2.44. The second-order valence-electron chi connectivity index (χ2n) is 8.43. The number of aryl methyl sites for hydroxylation is 1. The minimum atomic E-state index is -0.157. The number of aromatic nitrogens is 2. The lowest BCUT2D eigenvalue weighted by Gasteiger charge is -2.31.